The van der Waals surface area contributed by atoms with Crippen molar-refractivity contribution in [1.29, 1.82) is 0 Å². The molecule has 2 saturated carbocycles. The summed E-state index contributed by atoms with van der Waals surface area (Å²) in [6.07, 6.45) is 16.2. The van der Waals surface area contributed by atoms with Crippen molar-refractivity contribution < 1.29 is 9.47 Å². The Morgan fingerprint density at radius 2 is 1.85 bits per heavy atom. The third kappa shape index (κ3) is 5.02. The van der Waals surface area contributed by atoms with Crippen LogP contribution in [0.1, 0.15) is 103 Å². The van der Waals surface area contributed by atoms with E-state index in [0.717, 1.165) is 64.2 Å². The highest BCUT2D eigenvalue weighted by Crippen LogP contribution is 2.68. The molecule has 7 atom stereocenters. The predicted octanol–water partition coefficient (Wildman–Crippen LogP) is 10.2. The van der Waals surface area contributed by atoms with E-state index in [4.69, 9.17) is 14.5 Å². The molecule has 0 radical (unpaired) electrons. The molecule has 41 heavy (non-hydrogen) atoms. The minimum atomic E-state index is 0.273. The summed E-state index contributed by atoms with van der Waals surface area (Å²) in [4.78, 5) is 6.53. The molecule has 4 aliphatic carbocycles. The zero-order chi connectivity index (χ0) is 28.9. The lowest BCUT2D eigenvalue weighted by Crippen LogP contribution is -2.49. The summed E-state index contributed by atoms with van der Waals surface area (Å²) >= 11 is 1.83. The first kappa shape index (κ1) is 29.1. The second-order valence-corrected chi connectivity index (χ2v) is 15.7. The molecule has 1 aromatic carbocycles. The molecule has 1 heterocycles. The number of anilines is 2. The minimum Gasteiger partial charge on any atom is -0.497 e. The quantitative estimate of drug-likeness (QED) is 0.322. The van der Waals surface area contributed by atoms with Crippen LogP contribution in [0.15, 0.2) is 24.3 Å². The van der Waals surface area contributed by atoms with Crippen LogP contribution in [0, 0.1) is 46.3 Å². The van der Waals surface area contributed by atoms with E-state index < -0.39 is 0 Å². The number of nitrogens with one attached hydrogen (secondary N) is 1. The highest BCUT2D eigenvalue weighted by Gasteiger charge is 2.59. The van der Waals surface area contributed by atoms with E-state index in [1.54, 1.807) is 19.8 Å². The lowest BCUT2D eigenvalue weighted by Gasteiger charge is -2.57. The van der Waals surface area contributed by atoms with Gasteiger partial charge >= 0.3 is 0 Å². The summed E-state index contributed by atoms with van der Waals surface area (Å²) < 4.78 is 11.1. The molecule has 5 heteroatoms. The highest BCUT2D eigenvalue weighted by molar-refractivity contribution is 7.16. The number of aromatic nitrogens is 1. The fraction of sp³-hybridized carbons (Fsp3) is 0.694. The first-order chi connectivity index (χ1) is 19.7. The number of hydrogen-bond acceptors (Lipinski definition) is 5. The lowest BCUT2D eigenvalue weighted by atomic mass is 9.47. The number of benzene rings is 1. The van der Waals surface area contributed by atoms with Crippen molar-refractivity contribution in [2.45, 2.75) is 98.8 Å². The van der Waals surface area contributed by atoms with Gasteiger partial charge in [-0.2, -0.15) is 0 Å². The third-order valence-electron chi connectivity index (χ3n) is 12.1. The van der Waals surface area contributed by atoms with Crippen molar-refractivity contribution >= 4 is 27.7 Å². The van der Waals surface area contributed by atoms with Crippen molar-refractivity contribution in [2.24, 2.45) is 46.3 Å². The fourth-order valence-electron chi connectivity index (χ4n) is 9.98. The number of hydrogen-bond donors (Lipinski definition) is 1. The summed E-state index contributed by atoms with van der Waals surface area (Å²) in [6.45, 7) is 12.7. The Labute approximate surface area is 252 Å². The zero-order valence-corrected chi connectivity index (χ0v) is 27.3. The average molecular weight is 577 g/mol. The maximum Gasteiger partial charge on any atom is 0.188 e. The number of ether oxygens (including phenoxy) is 2. The molecule has 0 saturated heterocycles. The van der Waals surface area contributed by atoms with Gasteiger partial charge < -0.3 is 14.8 Å². The Balaban J connectivity index is 1.22. The van der Waals surface area contributed by atoms with E-state index in [1.807, 2.05) is 29.5 Å². The second kappa shape index (κ2) is 11.2. The van der Waals surface area contributed by atoms with E-state index in [1.165, 1.54) is 68.4 Å². The van der Waals surface area contributed by atoms with Crippen LogP contribution in [0.3, 0.4) is 0 Å². The normalized spacial score (nSPS) is 32.8. The molecule has 6 rings (SSSR count). The molecule has 4 aliphatic rings. The lowest BCUT2D eigenvalue weighted by molar-refractivity contribution is -0.0392. The summed E-state index contributed by atoms with van der Waals surface area (Å²) in [5, 5.41) is 4.52. The van der Waals surface area contributed by atoms with Crippen LogP contribution in [-0.2, 0) is 6.42 Å². The Kier molecular flexibility index (Phi) is 7.98. The largest absolute Gasteiger partial charge is 0.497 e. The maximum absolute atomic E-state index is 5.62. The van der Waals surface area contributed by atoms with Crippen molar-refractivity contribution in [1.82, 2.24) is 4.98 Å². The average Bonchev–Trinajstić information content (AvgIpc) is 3.52. The van der Waals surface area contributed by atoms with Gasteiger partial charge in [0.25, 0.3) is 0 Å². The van der Waals surface area contributed by atoms with Crippen LogP contribution in [0.5, 0.6) is 11.5 Å². The number of nitrogens with zero attached hydrogens (tertiary/aromatic N) is 1. The van der Waals surface area contributed by atoms with Gasteiger partial charge in [-0.3, -0.25) is 0 Å². The van der Waals surface area contributed by atoms with Gasteiger partial charge in [0, 0.05) is 6.07 Å². The van der Waals surface area contributed by atoms with Gasteiger partial charge in [0.15, 0.2) is 5.13 Å². The van der Waals surface area contributed by atoms with Gasteiger partial charge in [0.05, 0.1) is 30.5 Å². The highest BCUT2D eigenvalue weighted by atomic mass is 32.1. The number of allylic oxidation sites excluding steroid dienone is 2. The Bertz CT molecular complexity index is 1280. The molecule has 0 aliphatic heterocycles. The van der Waals surface area contributed by atoms with Crippen molar-refractivity contribution in [3.63, 3.8) is 0 Å². The van der Waals surface area contributed by atoms with Crippen LogP contribution in [0.4, 0.5) is 10.8 Å². The van der Waals surface area contributed by atoms with Crippen molar-refractivity contribution in [2.75, 3.05) is 19.5 Å². The van der Waals surface area contributed by atoms with Crippen LogP contribution < -0.4 is 14.8 Å². The molecule has 4 nitrogen and oxygen atoms in total. The van der Waals surface area contributed by atoms with Gasteiger partial charge in [0.2, 0.25) is 0 Å². The molecule has 1 N–H and O–H groups in total. The molecule has 2 aromatic rings. The molecule has 1 aromatic heterocycles. The number of thiazole rings is 1. The fourth-order valence-corrected chi connectivity index (χ4v) is 11.2. The van der Waals surface area contributed by atoms with Gasteiger partial charge in [-0.05, 0) is 109 Å². The second-order valence-electron chi connectivity index (χ2n) is 14.7. The van der Waals surface area contributed by atoms with Crippen LogP contribution in [0.2, 0.25) is 0 Å². The predicted molar refractivity (Wildman–Crippen MR) is 172 cm³/mol. The van der Waals surface area contributed by atoms with Gasteiger partial charge in [0.1, 0.15) is 11.5 Å². The van der Waals surface area contributed by atoms with Gasteiger partial charge in [-0.1, -0.05) is 71.3 Å². The van der Waals surface area contributed by atoms with Gasteiger partial charge in [-0.25, -0.2) is 4.98 Å². The number of aryl methyl sites for hydroxylation is 1. The molecular weight excluding hydrogens is 524 g/mol. The first-order valence-corrected chi connectivity index (χ1v) is 17.2. The summed E-state index contributed by atoms with van der Waals surface area (Å²) in [6, 6.07) is 5.88. The smallest absolute Gasteiger partial charge is 0.188 e. The first-order valence-electron chi connectivity index (χ1n) is 16.4. The monoisotopic (exact) mass is 576 g/mol. The molecule has 0 spiro atoms. The molecular formula is C36H52N2O2S. The maximum atomic E-state index is 5.62. The van der Waals surface area contributed by atoms with Crippen molar-refractivity contribution in [3.05, 3.63) is 34.8 Å². The molecule has 2 fully saturated rings. The van der Waals surface area contributed by atoms with E-state index >= 15 is 0 Å². The Hall–Kier alpha value is -2.01. The van der Waals surface area contributed by atoms with Crippen LogP contribution in [-0.4, -0.2) is 19.2 Å². The van der Waals surface area contributed by atoms with Crippen LogP contribution in [0.25, 0.3) is 5.57 Å². The summed E-state index contributed by atoms with van der Waals surface area (Å²) in [5.74, 6) is 6.79. The topological polar surface area (TPSA) is 43.4 Å². The Morgan fingerprint density at radius 3 is 2.61 bits per heavy atom. The number of fused-ring (bicyclic) bond motifs is 7. The Morgan fingerprint density at radius 1 is 1.02 bits per heavy atom. The van der Waals surface area contributed by atoms with E-state index in [9.17, 15) is 0 Å². The van der Waals surface area contributed by atoms with E-state index in [0.29, 0.717) is 5.41 Å². The summed E-state index contributed by atoms with van der Waals surface area (Å²) in [5.41, 5.74) is 4.59. The SMILES string of the molecule is COc1ccc(OC)c(Nc2nc3c(s2)C2=CCC4C(CCC5(C)C(C(C)CCCC(C)C)CCC45)C2(C)CC3)c1. The van der Waals surface area contributed by atoms with E-state index in [-0.39, 0.29) is 5.41 Å². The number of rotatable bonds is 9. The van der Waals surface area contributed by atoms with Crippen molar-refractivity contribution in [3.8, 4) is 11.5 Å². The molecule has 7 unspecified atom stereocenters. The van der Waals surface area contributed by atoms with E-state index in [2.05, 4.69) is 46.0 Å². The van der Waals surface area contributed by atoms with Crippen LogP contribution >= 0.6 is 11.3 Å². The minimum absolute atomic E-state index is 0.273. The standard InChI is InChI=1S/C36H52N2O2S/c1-22(2)9-8-10-23(3)26-14-15-27-25-12-13-29-33-30(18-20-36(29,5)28(25)17-19-35(26,27)4)37-34(41-33)38-31-21-24(39-6)11-16-32(31)40-7/h11,13,16,21-23,25-28H,8-10,12,14-15,17-20H2,1-7H3,(H,37,38). The third-order valence-corrected chi connectivity index (χ3v) is 13.2. The molecule has 0 amide bonds. The number of methoxy groups -OCH3 is 2. The van der Waals surface area contributed by atoms with Gasteiger partial charge in [-0.15, -0.1) is 0 Å². The molecule has 0 bridgehead atoms. The summed E-state index contributed by atoms with van der Waals surface area (Å²) in [7, 11) is 3.41. The zero-order valence-electron chi connectivity index (χ0n) is 26.5. The molecule has 224 valence electrons.